The zero-order valence-corrected chi connectivity index (χ0v) is 16.3. The average molecular weight is 381 g/mol. The summed E-state index contributed by atoms with van der Waals surface area (Å²) in [6.07, 6.45) is 0. The topological polar surface area (TPSA) is 73.0 Å². The molecular formula is C18H28N4O3S. The number of hydrogen-bond donors (Lipinski definition) is 1. The van der Waals surface area contributed by atoms with Crippen LogP contribution in [-0.4, -0.2) is 81.1 Å². The molecule has 0 saturated carbocycles. The summed E-state index contributed by atoms with van der Waals surface area (Å²) in [4.78, 5) is 16.3. The van der Waals surface area contributed by atoms with Gasteiger partial charge in [-0.3, -0.25) is 4.79 Å². The SMILES string of the molecule is Cc1cccc(N2CCN(S(=O)(=O)CC(=O)N3CCNC(C)C3)CC2)c1. The summed E-state index contributed by atoms with van der Waals surface area (Å²) in [7, 11) is -3.57. The fourth-order valence-electron chi connectivity index (χ4n) is 3.55. The summed E-state index contributed by atoms with van der Waals surface area (Å²) < 4.78 is 26.8. The first kappa shape index (κ1) is 19.1. The van der Waals surface area contributed by atoms with Crippen molar-refractivity contribution in [2.24, 2.45) is 0 Å². The zero-order valence-electron chi connectivity index (χ0n) is 15.5. The second kappa shape index (κ2) is 7.94. The molecule has 1 N–H and O–H groups in total. The summed E-state index contributed by atoms with van der Waals surface area (Å²) in [5, 5.41) is 3.26. The maximum atomic E-state index is 12.7. The van der Waals surface area contributed by atoms with Crippen LogP contribution in [0.4, 0.5) is 5.69 Å². The summed E-state index contributed by atoms with van der Waals surface area (Å²) >= 11 is 0. The lowest BCUT2D eigenvalue weighted by Gasteiger charge is -2.36. The number of nitrogens with zero attached hydrogens (tertiary/aromatic N) is 3. The molecule has 1 unspecified atom stereocenters. The molecule has 0 bridgehead atoms. The molecule has 8 heteroatoms. The van der Waals surface area contributed by atoms with Gasteiger partial charge in [-0.2, -0.15) is 4.31 Å². The molecule has 1 atom stereocenters. The number of nitrogens with one attached hydrogen (secondary N) is 1. The Morgan fingerprint density at radius 3 is 2.58 bits per heavy atom. The first-order valence-corrected chi connectivity index (χ1v) is 10.8. The average Bonchev–Trinajstić information content (AvgIpc) is 2.61. The number of amides is 1. The van der Waals surface area contributed by atoms with Crippen LogP contribution < -0.4 is 10.2 Å². The first-order valence-electron chi connectivity index (χ1n) is 9.16. The van der Waals surface area contributed by atoms with Gasteiger partial charge in [-0.05, 0) is 31.5 Å². The van der Waals surface area contributed by atoms with Crippen LogP contribution in [-0.2, 0) is 14.8 Å². The third-order valence-corrected chi connectivity index (χ3v) is 6.79. The van der Waals surface area contributed by atoms with Gasteiger partial charge in [-0.25, -0.2) is 8.42 Å². The van der Waals surface area contributed by atoms with Crippen molar-refractivity contribution in [1.29, 1.82) is 0 Å². The maximum absolute atomic E-state index is 12.7. The molecule has 2 aliphatic rings. The Kier molecular flexibility index (Phi) is 5.84. The van der Waals surface area contributed by atoms with E-state index < -0.39 is 15.8 Å². The van der Waals surface area contributed by atoms with Crippen molar-refractivity contribution in [3.63, 3.8) is 0 Å². The Balaban J connectivity index is 1.56. The largest absolute Gasteiger partial charge is 0.369 e. The molecule has 2 heterocycles. The Bertz CT molecular complexity index is 745. The van der Waals surface area contributed by atoms with E-state index in [4.69, 9.17) is 0 Å². The number of rotatable bonds is 4. The quantitative estimate of drug-likeness (QED) is 0.812. The molecule has 0 aromatic heterocycles. The van der Waals surface area contributed by atoms with Gasteiger partial charge in [0.25, 0.3) is 0 Å². The summed E-state index contributed by atoms with van der Waals surface area (Å²) in [6, 6.07) is 8.42. The summed E-state index contributed by atoms with van der Waals surface area (Å²) in [6.45, 7) is 8.01. The fourth-order valence-corrected chi connectivity index (χ4v) is 4.94. The van der Waals surface area contributed by atoms with Gasteiger partial charge in [0.15, 0.2) is 0 Å². The van der Waals surface area contributed by atoms with Crippen LogP contribution in [0.2, 0.25) is 0 Å². The van der Waals surface area contributed by atoms with E-state index in [-0.39, 0.29) is 11.9 Å². The lowest BCUT2D eigenvalue weighted by molar-refractivity contribution is -0.129. The lowest BCUT2D eigenvalue weighted by atomic mass is 10.2. The van der Waals surface area contributed by atoms with Crippen LogP contribution in [0.25, 0.3) is 0 Å². The first-order chi connectivity index (χ1) is 12.3. The highest BCUT2D eigenvalue weighted by molar-refractivity contribution is 7.89. The second-order valence-corrected chi connectivity index (χ2v) is 9.15. The predicted molar refractivity (Wildman–Crippen MR) is 103 cm³/mol. The molecule has 0 spiro atoms. The van der Waals surface area contributed by atoms with E-state index in [1.54, 1.807) is 4.90 Å². The van der Waals surface area contributed by atoms with Crippen molar-refractivity contribution < 1.29 is 13.2 Å². The molecule has 2 fully saturated rings. The molecule has 0 aliphatic carbocycles. The number of sulfonamides is 1. The molecule has 1 aromatic rings. The van der Waals surface area contributed by atoms with Crippen molar-refractivity contribution in [3.8, 4) is 0 Å². The molecule has 1 amide bonds. The lowest BCUT2D eigenvalue weighted by Crippen LogP contribution is -2.54. The molecular weight excluding hydrogens is 352 g/mol. The molecule has 144 valence electrons. The number of hydrogen-bond acceptors (Lipinski definition) is 5. The highest BCUT2D eigenvalue weighted by atomic mass is 32.2. The van der Waals surface area contributed by atoms with Crippen molar-refractivity contribution in [2.75, 3.05) is 56.5 Å². The number of aryl methyl sites for hydroxylation is 1. The molecule has 26 heavy (non-hydrogen) atoms. The zero-order chi connectivity index (χ0) is 18.7. The van der Waals surface area contributed by atoms with Gasteiger partial charge in [0.2, 0.25) is 15.9 Å². The van der Waals surface area contributed by atoms with Gasteiger partial charge < -0.3 is 15.1 Å². The fraction of sp³-hybridized carbons (Fsp3) is 0.611. The predicted octanol–water partition coefficient (Wildman–Crippen LogP) is 0.267. The smallest absolute Gasteiger partial charge is 0.239 e. The molecule has 3 rings (SSSR count). The van der Waals surface area contributed by atoms with E-state index in [1.807, 2.05) is 32.0 Å². The minimum atomic E-state index is -3.57. The van der Waals surface area contributed by atoms with Gasteiger partial charge >= 0.3 is 0 Å². The van der Waals surface area contributed by atoms with E-state index in [0.29, 0.717) is 45.8 Å². The third-order valence-electron chi connectivity index (χ3n) is 5.03. The van der Waals surface area contributed by atoms with Gasteiger partial charge in [-0.1, -0.05) is 12.1 Å². The van der Waals surface area contributed by atoms with Crippen LogP contribution in [0.5, 0.6) is 0 Å². The van der Waals surface area contributed by atoms with E-state index in [0.717, 1.165) is 5.69 Å². The molecule has 0 radical (unpaired) electrons. The number of carbonyl (C=O) groups is 1. The Hall–Kier alpha value is -1.64. The standard InChI is InChI=1S/C18H28N4O3S/c1-15-4-3-5-17(12-15)20-8-10-22(11-9-20)26(24,25)14-18(23)21-7-6-19-16(2)13-21/h3-5,12,16,19H,6-11,13-14H2,1-2H3. The third kappa shape index (κ3) is 4.55. The minimum Gasteiger partial charge on any atom is -0.369 e. The van der Waals surface area contributed by atoms with Gasteiger partial charge in [0.1, 0.15) is 5.75 Å². The van der Waals surface area contributed by atoms with Gasteiger partial charge in [0, 0.05) is 57.5 Å². The van der Waals surface area contributed by atoms with Crippen molar-refractivity contribution in [1.82, 2.24) is 14.5 Å². The van der Waals surface area contributed by atoms with E-state index >= 15 is 0 Å². The highest BCUT2D eigenvalue weighted by Gasteiger charge is 2.31. The van der Waals surface area contributed by atoms with E-state index in [2.05, 4.69) is 16.3 Å². The Labute approximate surface area is 156 Å². The van der Waals surface area contributed by atoms with Crippen LogP contribution in [0.15, 0.2) is 24.3 Å². The number of anilines is 1. The van der Waals surface area contributed by atoms with Gasteiger partial charge in [-0.15, -0.1) is 0 Å². The van der Waals surface area contributed by atoms with Gasteiger partial charge in [0.05, 0.1) is 0 Å². The Morgan fingerprint density at radius 1 is 1.19 bits per heavy atom. The normalized spacial score (nSPS) is 22.5. The summed E-state index contributed by atoms with van der Waals surface area (Å²) in [5.41, 5.74) is 2.31. The van der Waals surface area contributed by atoms with Crippen LogP contribution in [0.1, 0.15) is 12.5 Å². The number of carbonyl (C=O) groups excluding carboxylic acids is 1. The highest BCUT2D eigenvalue weighted by Crippen LogP contribution is 2.19. The van der Waals surface area contributed by atoms with Crippen LogP contribution >= 0.6 is 0 Å². The van der Waals surface area contributed by atoms with Crippen molar-refractivity contribution in [3.05, 3.63) is 29.8 Å². The monoisotopic (exact) mass is 380 g/mol. The minimum absolute atomic E-state index is 0.202. The Morgan fingerprint density at radius 2 is 1.92 bits per heavy atom. The van der Waals surface area contributed by atoms with E-state index in [1.165, 1.54) is 9.87 Å². The molecule has 1 aromatic carbocycles. The molecule has 2 aliphatic heterocycles. The number of benzene rings is 1. The molecule has 2 saturated heterocycles. The van der Waals surface area contributed by atoms with Crippen LogP contribution in [0, 0.1) is 6.92 Å². The maximum Gasteiger partial charge on any atom is 0.239 e. The number of piperazine rings is 2. The summed E-state index contributed by atoms with van der Waals surface area (Å²) in [5.74, 6) is -0.719. The van der Waals surface area contributed by atoms with Crippen molar-refractivity contribution in [2.45, 2.75) is 19.9 Å². The molecule has 7 nitrogen and oxygen atoms in total. The van der Waals surface area contributed by atoms with E-state index in [9.17, 15) is 13.2 Å². The second-order valence-electron chi connectivity index (χ2n) is 7.18. The van der Waals surface area contributed by atoms with Crippen molar-refractivity contribution >= 4 is 21.6 Å². The van der Waals surface area contributed by atoms with Crippen LogP contribution in [0.3, 0.4) is 0 Å².